The highest BCUT2D eigenvalue weighted by Gasteiger charge is 2.75. The monoisotopic (exact) mass is 228 g/mol. The Morgan fingerprint density at radius 2 is 1.53 bits per heavy atom. The Bertz CT molecular complexity index is 441. The smallest absolute Gasteiger partial charge is 0.0579 e. The molecule has 6 aliphatic carbocycles. The molecule has 1 nitrogen and oxygen atoms in total. The molecular formula is C16H20O. The van der Waals surface area contributed by atoms with Gasteiger partial charge >= 0.3 is 0 Å². The van der Waals surface area contributed by atoms with Gasteiger partial charge in [0.15, 0.2) is 0 Å². The maximum Gasteiger partial charge on any atom is 0.0579 e. The zero-order chi connectivity index (χ0) is 10.9. The fraction of sp³-hybridized carbons (Fsp3) is 0.875. The van der Waals surface area contributed by atoms with E-state index in [0.29, 0.717) is 5.92 Å². The first-order valence-electron chi connectivity index (χ1n) is 7.72. The number of hydrogen-bond acceptors (Lipinski definition) is 1. The predicted octanol–water partition coefficient (Wildman–Crippen LogP) is 2.32. The fourth-order valence-electron chi connectivity index (χ4n) is 8.12. The zero-order valence-corrected chi connectivity index (χ0v) is 10.1. The first kappa shape index (κ1) is 8.74. The van der Waals surface area contributed by atoms with Crippen LogP contribution in [0, 0.1) is 59.2 Å². The van der Waals surface area contributed by atoms with Gasteiger partial charge < -0.3 is 5.11 Å². The van der Waals surface area contributed by atoms with E-state index in [0.717, 1.165) is 59.7 Å². The SMILES string of the molecule is O[C@@H]1C[C@@H]2[C@@H]3CC[C@@H]4[C@@H]5C=C[C@@H]6[C@@H]5[C@H]([C@@H]43)[C@H]2[C@@H]61. The van der Waals surface area contributed by atoms with E-state index >= 15 is 0 Å². The molecule has 6 rings (SSSR count). The van der Waals surface area contributed by atoms with Crippen molar-refractivity contribution in [3.05, 3.63) is 12.2 Å². The molecule has 0 spiro atoms. The molecule has 90 valence electrons. The summed E-state index contributed by atoms with van der Waals surface area (Å²) < 4.78 is 0. The quantitative estimate of drug-likeness (QED) is 0.631. The van der Waals surface area contributed by atoms with Gasteiger partial charge in [0, 0.05) is 0 Å². The van der Waals surface area contributed by atoms with Crippen molar-refractivity contribution in [3.63, 3.8) is 0 Å². The number of fused-ring (bicyclic) bond motifs is 3. The molecule has 0 radical (unpaired) electrons. The van der Waals surface area contributed by atoms with Gasteiger partial charge in [0.25, 0.3) is 0 Å². The Labute approximate surface area is 102 Å². The van der Waals surface area contributed by atoms with Crippen LogP contribution in [-0.2, 0) is 0 Å². The number of allylic oxidation sites excluding steroid dienone is 2. The highest BCUT2D eigenvalue weighted by molar-refractivity contribution is 5.29. The minimum Gasteiger partial charge on any atom is -0.393 e. The Balaban J connectivity index is 1.63. The summed E-state index contributed by atoms with van der Waals surface area (Å²) in [7, 11) is 0. The van der Waals surface area contributed by atoms with E-state index in [9.17, 15) is 5.11 Å². The lowest BCUT2D eigenvalue weighted by molar-refractivity contribution is 0.0976. The molecule has 0 aromatic rings. The van der Waals surface area contributed by atoms with E-state index in [2.05, 4.69) is 12.2 Å². The third kappa shape index (κ3) is 0.683. The van der Waals surface area contributed by atoms with Gasteiger partial charge in [-0.1, -0.05) is 12.2 Å². The van der Waals surface area contributed by atoms with Crippen LogP contribution in [0.15, 0.2) is 12.2 Å². The van der Waals surface area contributed by atoms with E-state index in [1.165, 1.54) is 12.8 Å². The fourth-order valence-corrected chi connectivity index (χ4v) is 8.12. The molecule has 5 fully saturated rings. The van der Waals surface area contributed by atoms with Gasteiger partial charge in [-0.05, 0) is 78.4 Å². The molecule has 0 amide bonds. The summed E-state index contributed by atoms with van der Waals surface area (Å²) >= 11 is 0. The second-order valence-electron chi connectivity index (χ2n) is 7.80. The largest absolute Gasteiger partial charge is 0.393 e. The Kier molecular flexibility index (Phi) is 1.23. The molecule has 0 unspecified atom stereocenters. The third-order valence-corrected chi connectivity index (χ3v) is 7.99. The number of aliphatic hydroxyl groups is 1. The van der Waals surface area contributed by atoms with E-state index in [-0.39, 0.29) is 6.10 Å². The predicted molar refractivity (Wildman–Crippen MR) is 63.9 cm³/mol. The van der Waals surface area contributed by atoms with Crippen molar-refractivity contribution in [1.82, 2.24) is 0 Å². The van der Waals surface area contributed by atoms with E-state index in [1.807, 2.05) is 0 Å². The first-order chi connectivity index (χ1) is 8.36. The average molecular weight is 228 g/mol. The standard InChI is InChI=1S/C16H20O/c17-11-5-10-8-2-1-6-7-3-4-9-13(7)16(12(6)8)15(10)14(9)11/h3-4,6-17H,1-2,5H2/t6-,7+,8+,9-,10-,11-,12+,13-,14+,15-,16+/m1/s1. The van der Waals surface area contributed by atoms with E-state index < -0.39 is 0 Å². The molecule has 1 heteroatoms. The van der Waals surface area contributed by atoms with Crippen molar-refractivity contribution < 1.29 is 5.11 Å². The number of rotatable bonds is 0. The normalized spacial score (nSPS) is 76.2. The summed E-state index contributed by atoms with van der Waals surface area (Å²) in [5.74, 6) is 9.41. The summed E-state index contributed by atoms with van der Waals surface area (Å²) in [6.07, 6.45) is 9.29. The summed E-state index contributed by atoms with van der Waals surface area (Å²) in [4.78, 5) is 0. The lowest BCUT2D eigenvalue weighted by Gasteiger charge is -2.23. The summed E-state index contributed by atoms with van der Waals surface area (Å²) in [5.41, 5.74) is 0. The van der Waals surface area contributed by atoms with Crippen molar-refractivity contribution in [2.75, 3.05) is 0 Å². The molecule has 5 saturated carbocycles. The van der Waals surface area contributed by atoms with Crippen molar-refractivity contribution >= 4 is 0 Å². The molecule has 0 aliphatic heterocycles. The lowest BCUT2D eigenvalue weighted by atomic mass is 9.83. The molecule has 17 heavy (non-hydrogen) atoms. The number of aliphatic hydroxyl groups excluding tert-OH is 1. The third-order valence-electron chi connectivity index (χ3n) is 7.99. The van der Waals surface area contributed by atoms with Crippen LogP contribution in [-0.4, -0.2) is 11.2 Å². The van der Waals surface area contributed by atoms with Crippen molar-refractivity contribution in [3.8, 4) is 0 Å². The zero-order valence-electron chi connectivity index (χ0n) is 10.1. The van der Waals surface area contributed by atoms with E-state index in [1.54, 1.807) is 0 Å². The van der Waals surface area contributed by atoms with E-state index in [4.69, 9.17) is 0 Å². The second kappa shape index (κ2) is 2.39. The summed E-state index contributed by atoms with van der Waals surface area (Å²) in [5, 5.41) is 10.5. The van der Waals surface area contributed by atoms with Gasteiger partial charge in [-0.3, -0.25) is 0 Å². The van der Waals surface area contributed by atoms with Crippen molar-refractivity contribution in [1.29, 1.82) is 0 Å². The molecule has 0 saturated heterocycles. The minimum atomic E-state index is 0.0454. The molecule has 6 aliphatic rings. The van der Waals surface area contributed by atoms with Gasteiger partial charge in [0.2, 0.25) is 0 Å². The van der Waals surface area contributed by atoms with Gasteiger partial charge in [0.05, 0.1) is 6.10 Å². The molecule has 11 atom stereocenters. The van der Waals surface area contributed by atoms with Crippen LogP contribution in [0.25, 0.3) is 0 Å². The molecule has 0 heterocycles. The summed E-state index contributed by atoms with van der Waals surface area (Å²) in [6.45, 7) is 0. The summed E-state index contributed by atoms with van der Waals surface area (Å²) in [6, 6.07) is 0. The Morgan fingerprint density at radius 1 is 0.706 bits per heavy atom. The van der Waals surface area contributed by atoms with Crippen LogP contribution < -0.4 is 0 Å². The molecule has 0 bridgehead atoms. The minimum absolute atomic E-state index is 0.0454. The van der Waals surface area contributed by atoms with Crippen LogP contribution >= 0.6 is 0 Å². The van der Waals surface area contributed by atoms with Gasteiger partial charge in [0.1, 0.15) is 0 Å². The first-order valence-corrected chi connectivity index (χ1v) is 7.72. The highest BCUT2D eigenvalue weighted by atomic mass is 16.3. The molecular weight excluding hydrogens is 208 g/mol. The van der Waals surface area contributed by atoms with Crippen LogP contribution in [0.5, 0.6) is 0 Å². The molecule has 0 aromatic heterocycles. The highest BCUT2D eigenvalue weighted by Crippen LogP contribution is 2.78. The second-order valence-corrected chi connectivity index (χ2v) is 7.80. The average Bonchev–Trinajstić information content (AvgIpc) is 2.93. The Morgan fingerprint density at radius 3 is 2.47 bits per heavy atom. The Hall–Kier alpha value is -0.300. The number of hydrogen-bond donors (Lipinski definition) is 1. The molecule has 0 aromatic carbocycles. The van der Waals surface area contributed by atoms with Gasteiger partial charge in [-0.2, -0.15) is 0 Å². The van der Waals surface area contributed by atoms with Crippen LogP contribution in [0.4, 0.5) is 0 Å². The van der Waals surface area contributed by atoms with Crippen LogP contribution in [0.3, 0.4) is 0 Å². The van der Waals surface area contributed by atoms with Gasteiger partial charge in [-0.15, -0.1) is 0 Å². The maximum atomic E-state index is 10.5. The van der Waals surface area contributed by atoms with Crippen LogP contribution in [0.2, 0.25) is 0 Å². The van der Waals surface area contributed by atoms with Crippen molar-refractivity contribution in [2.24, 2.45) is 59.2 Å². The maximum absolute atomic E-state index is 10.5. The van der Waals surface area contributed by atoms with Crippen molar-refractivity contribution in [2.45, 2.75) is 25.4 Å². The van der Waals surface area contributed by atoms with Crippen LogP contribution in [0.1, 0.15) is 19.3 Å². The molecule has 1 N–H and O–H groups in total. The topological polar surface area (TPSA) is 20.2 Å². The van der Waals surface area contributed by atoms with Gasteiger partial charge in [-0.25, -0.2) is 0 Å². The lowest BCUT2D eigenvalue weighted by Crippen LogP contribution is -2.24.